The van der Waals surface area contributed by atoms with Gasteiger partial charge in [0, 0.05) is 20.6 Å². The van der Waals surface area contributed by atoms with Gasteiger partial charge >= 0.3 is 0 Å². The monoisotopic (exact) mass is 278 g/mol. The van der Waals surface area contributed by atoms with Crippen molar-refractivity contribution in [3.05, 3.63) is 12.0 Å². The third-order valence-corrected chi connectivity index (χ3v) is 2.94. The summed E-state index contributed by atoms with van der Waals surface area (Å²) in [5.41, 5.74) is 0.0630. The molecule has 0 spiro atoms. The molecular formula is C13H22N6O. The smallest absolute Gasteiger partial charge is 0.163 e. The van der Waals surface area contributed by atoms with Gasteiger partial charge in [-0.15, -0.1) is 0 Å². The standard InChI is InChI=1S/C13H22N6O/c1-13(2,20)8-18(4)7-10-16-11(14-3)9-6-15-19(5)12(9)17-10/h6,20H,7-8H2,1-5H3,(H,14,16,17). The zero-order valence-corrected chi connectivity index (χ0v) is 12.7. The summed E-state index contributed by atoms with van der Waals surface area (Å²) < 4.78 is 1.73. The number of aryl methyl sites for hydroxylation is 1. The van der Waals surface area contributed by atoms with E-state index < -0.39 is 5.60 Å². The molecule has 2 heterocycles. The summed E-state index contributed by atoms with van der Waals surface area (Å²) >= 11 is 0. The first-order valence-electron chi connectivity index (χ1n) is 6.57. The molecule has 2 N–H and O–H groups in total. The fraction of sp³-hybridized carbons (Fsp3) is 0.615. The Hall–Kier alpha value is -1.73. The number of nitrogens with one attached hydrogen (secondary N) is 1. The molecule has 2 rings (SSSR count). The topological polar surface area (TPSA) is 79.1 Å². The number of aromatic nitrogens is 4. The Kier molecular flexibility index (Phi) is 3.92. The first kappa shape index (κ1) is 14.7. The predicted octanol–water partition coefficient (Wildman–Crippen LogP) is 0.608. The molecule has 0 fully saturated rings. The third kappa shape index (κ3) is 3.23. The highest BCUT2D eigenvalue weighted by Crippen LogP contribution is 2.19. The van der Waals surface area contributed by atoms with E-state index in [0.717, 1.165) is 16.9 Å². The fourth-order valence-electron chi connectivity index (χ4n) is 2.29. The van der Waals surface area contributed by atoms with Crippen LogP contribution in [0.15, 0.2) is 6.20 Å². The second kappa shape index (κ2) is 5.34. The Morgan fingerprint density at radius 3 is 2.70 bits per heavy atom. The second-order valence-electron chi connectivity index (χ2n) is 5.73. The van der Waals surface area contributed by atoms with E-state index in [9.17, 15) is 5.11 Å². The number of likely N-dealkylation sites (N-methyl/N-ethyl adjacent to an activating group) is 1. The van der Waals surface area contributed by atoms with Gasteiger partial charge in [-0.2, -0.15) is 5.10 Å². The van der Waals surface area contributed by atoms with Crippen molar-refractivity contribution in [2.45, 2.75) is 26.0 Å². The van der Waals surface area contributed by atoms with Crippen LogP contribution >= 0.6 is 0 Å². The quantitative estimate of drug-likeness (QED) is 0.834. The Bertz CT molecular complexity index is 601. The van der Waals surface area contributed by atoms with Gasteiger partial charge in [0.05, 0.1) is 23.7 Å². The average Bonchev–Trinajstić information content (AvgIpc) is 2.68. The summed E-state index contributed by atoms with van der Waals surface area (Å²) in [6, 6.07) is 0. The molecule has 0 saturated heterocycles. The molecule has 7 heteroatoms. The molecule has 0 atom stereocenters. The van der Waals surface area contributed by atoms with Crippen molar-refractivity contribution in [1.29, 1.82) is 0 Å². The van der Waals surface area contributed by atoms with Crippen LogP contribution in [0, 0.1) is 0 Å². The maximum Gasteiger partial charge on any atom is 0.163 e. The summed E-state index contributed by atoms with van der Waals surface area (Å²) in [7, 11) is 5.63. The van der Waals surface area contributed by atoms with Crippen molar-refractivity contribution in [3.8, 4) is 0 Å². The lowest BCUT2D eigenvalue weighted by Crippen LogP contribution is -2.36. The molecule has 0 radical (unpaired) electrons. The maximum absolute atomic E-state index is 9.84. The number of rotatable bonds is 5. The molecule has 0 aromatic carbocycles. The van der Waals surface area contributed by atoms with Crippen molar-refractivity contribution in [1.82, 2.24) is 24.6 Å². The minimum Gasteiger partial charge on any atom is -0.389 e. The van der Waals surface area contributed by atoms with Crippen LogP contribution in [0.5, 0.6) is 0 Å². The molecule has 0 amide bonds. The number of fused-ring (bicyclic) bond motifs is 1. The summed E-state index contributed by atoms with van der Waals surface area (Å²) in [6.45, 7) is 4.69. The van der Waals surface area contributed by atoms with Gasteiger partial charge in [0.1, 0.15) is 11.6 Å². The van der Waals surface area contributed by atoms with Crippen molar-refractivity contribution in [3.63, 3.8) is 0 Å². The van der Waals surface area contributed by atoms with Crippen LogP contribution in [0.3, 0.4) is 0 Å². The van der Waals surface area contributed by atoms with E-state index in [1.165, 1.54) is 0 Å². The Morgan fingerprint density at radius 2 is 2.10 bits per heavy atom. The Balaban J connectivity index is 2.28. The largest absolute Gasteiger partial charge is 0.389 e. The highest BCUT2D eigenvalue weighted by molar-refractivity contribution is 5.86. The minimum atomic E-state index is -0.739. The number of hydrogen-bond acceptors (Lipinski definition) is 6. The van der Waals surface area contributed by atoms with Gasteiger partial charge in [-0.25, -0.2) is 9.97 Å². The SMILES string of the molecule is CNc1nc(CN(C)CC(C)(C)O)nc2c1cnn2C. The highest BCUT2D eigenvalue weighted by Gasteiger charge is 2.17. The van der Waals surface area contributed by atoms with E-state index in [2.05, 4.69) is 20.4 Å². The van der Waals surface area contributed by atoms with E-state index in [0.29, 0.717) is 18.9 Å². The van der Waals surface area contributed by atoms with Gasteiger partial charge in [-0.05, 0) is 20.9 Å². The van der Waals surface area contributed by atoms with E-state index >= 15 is 0 Å². The van der Waals surface area contributed by atoms with Crippen LogP contribution in [0.2, 0.25) is 0 Å². The van der Waals surface area contributed by atoms with Crippen LogP contribution in [-0.4, -0.2) is 56.0 Å². The summed E-state index contributed by atoms with van der Waals surface area (Å²) in [5.74, 6) is 1.48. The Morgan fingerprint density at radius 1 is 1.40 bits per heavy atom. The van der Waals surface area contributed by atoms with Gasteiger partial charge in [-0.3, -0.25) is 9.58 Å². The van der Waals surface area contributed by atoms with Crippen molar-refractivity contribution < 1.29 is 5.11 Å². The zero-order valence-electron chi connectivity index (χ0n) is 12.7. The molecule has 110 valence electrons. The van der Waals surface area contributed by atoms with Gasteiger partial charge in [0.2, 0.25) is 0 Å². The minimum absolute atomic E-state index is 0.550. The fourth-order valence-corrected chi connectivity index (χ4v) is 2.29. The first-order valence-corrected chi connectivity index (χ1v) is 6.57. The lowest BCUT2D eigenvalue weighted by atomic mass is 10.1. The van der Waals surface area contributed by atoms with E-state index in [4.69, 9.17) is 0 Å². The lowest BCUT2D eigenvalue weighted by molar-refractivity contribution is 0.0418. The summed E-state index contributed by atoms with van der Waals surface area (Å²) in [6.07, 6.45) is 1.76. The van der Waals surface area contributed by atoms with E-state index in [-0.39, 0.29) is 0 Å². The van der Waals surface area contributed by atoms with Crippen LogP contribution in [0.25, 0.3) is 11.0 Å². The number of nitrogens with zero attached hydrogens (tertiary/aromatic N) is 5. The maximum atomic E-state index is 9.84. The van der Waals surface area contributed by atoms with Crippen LogP contribution in [0.1, 0.15) is 19.7 Å². The molecule has 2 aromatic heterocycles. The van der Waals surface area contributed by atoms with Gasteiger partial charge in [0.15, 0.2) is 5.65 Å². The molecule has 0 aliphatic carbocycles. The normalized spacial score (nSPS) is 12.3. The molecule has 0 saturated carbocycles. The van der Waals surface area contributed by atoms with Gasteiger partial charge < -0.3 is 10.4 Å². The first-order chi connectivity index (χ1) is 9.30. The molecule has 0 aliphatic heterocycles. The zero-order chi connectivity index (χ0) is 14.9. The number of aliphatic hydroxyl groups is 1. The Labute approximate surface area is 118 Å². The predicted molar refractivity (Wildman–Crippen MR) is 78.5 cm³/mol. The lowest BCUT2D eigenvalue weighted by Gasteiger charge is -2.24. The molecule has 20 heavy (non-hydrogen) atoms. The van der Waals surface area contributed by atoms with E-state index in [1.54, 1.807) is 24.7 Å². The molecule has 2 aromatic rings. The van der Waals surface area contributed by atoms with Crippen LogP contribution < -0.4 is 5.32 Å². The van der Waals surface area contributed by atoms with Crippen molar-refractivity contribution in [2.24, 2.45) is 7.05 Å². The third-order valence-electron chi connectivity index (χ3n) is 2.94. The summed E-state index contributed by atoms with van der Waals surface area (Å²) in [5, 5.41) is 18.0. The molecule has 0 aliphatic rings. The van der Waals surface area contributed by atoms with Crippen LogP contribution in [-0.2, 0) is 13.6 Å². The van der Waals surface area contributed by atoms with E-state index in [1.807, 2.05) is 26.0 Å². The molecular weight excluding hydrogens is 256 g/mol. The average molecular weight is 278 g/mol. The highest BCUT2D eigenvalue weighted by atomic mass is 16.3. The molecule has 0 bridgehead atoms. The number of anilines is 1. The second-order valence-corrected chi connectivity index (χ2v) is 5.73. The van der Waals surface area contributed by atoms with Gasteiger partial charge in [0.25, 0.3) is 0 Å². The van der Waals surface area contributed by atoms with Crippen LogP contribution in [0.4, 0.5) is 5.82 Å². The summed E-state index contributed by atoms with van der Waals surface area (Å²) in [4.78, 5) is 11.0. The van der Waals surface area contributed by atoms with Crippen molar-refractivity contribution in [2.75, 3.05) is 26.0 Å². The molecule has 7 nitrogen and oxygen atoms in total. The molecule has 0 unspecified atom stereocenters. The number of hydrogen-bond donors (Lipinski definition) is 2. The van der Waals surface area contributed by atoms with Gasteiger partial charge in [-0.1, -0.05) is 0 Å². The van der Waals surface area contributed by atoms with Crippen molar-refractivity contribution >= 4 is 16.9 Å².